The van der Waals surface area contributed by atoms with Gasteiger partial charge in [-0.25, -0.2) is 9.18 Å². The first-order valence-electron chi connectivity index (χ1n) is 7.69. The van der Waals surface area contributed by atoms with Gasteiger partial charge in [-0.1, -0.05) is 6.58 Å². The van der Waals surface area contributed by atoms with Gasteiger partial charge in [0.05, 0.1) is 0 Å². The normalized spacial score (nSPS) is 14.5. The van der Waals surface area contributed by atoms with E-state index in [1.54, 1.807) is 20.8 Å². The van der Waals surface area contributed by atoms with Crippen LogP contribution in [0.1, 0.15) is 47.5 Å². The number of carbonyl (C=O) groups excluding carboxylic acids is 2. The molecule has 0 aliphatic rings. The van der Waals surface area contributed by atoms with Gasteiger partial charge in [0.2, 0.25) is 0 Å². The Bertz CT molecular complexity index is 472. The number of halogens is 3. The molecule has 0 aromatic rings. The molecule has 5 nitrogen and oxygen atoms in total. The van der Waals surface area contributed by atoms with E-state index >= 15 is 0 Å². The van der Waals surface area contributed by atoms with E-state index in [-0.39, 0.29) is 6.54 Å². The number of hydrogen-bond donors (Lipinski definition) is 2. The molecule has 0 saturated heterocycles. The third-order valence-corrected chi connectivity index (χ3v) is 3.11. The molecule has 0 radical (unpaired) electrons. The predicted molar refractivity (Wildman–Crippen MR) is 85.8 cm³/mol. The summed E-state index contributed by atoms with van der Waals surface area (Å²) in [6.07, 6.45) is 0.291. The molecule has 0 aliphatic heterocycles. The Morgan fingerprint density at radius 2 is 1.46 bits per heavy atom. The van der Waals surface area contributed by atoms with Gasteiger partial charge in [0, 0.05) is 13.1 Å². The van der Waals surface area contributed by atoms with Crippen LogP contribution in [0.25, 0.3) is 0 Å². The summed E-state index contributed by atoms with van der Waals surface area (Å²) in [5, 5.41) is 4.65. The van der Waals surface area contributed by atoms with Gasteiger partial charge in [0.15, 0.2) is 0 Å². The van der Waals surface area contributed by atoms with Crippen molar-refractivity contribution in [2.75, 3.05) is 13.1 Å². The Morgan fingerprint density at radius 1 is 1.00 bits per heavy atom. The van der Waals surface area contributed by atoms with Crippen molar-refractivity contribution in [1.29, 1.82) is 0 Å². The number of rotatable bonds is 8. The largest absolute Gasteiger partial charge is 0.444 e. The number of unbranched alkanes of at least 4 members (excludes halogenated alkanes) is 1. The van der Waals surface area contributed by atoms with Crippen LogP contribution >= 0.6 is 0 Å². The van der Waals surface area contributed by atoms with E-state index < -0.39 is 34.8 Å². The number of carbonyl (C=O) groups is 2. The minimum absolute atomic E-state index is 0.0145. The van der Waals surface area contributed by atoms with E-state index in [2.05, 4.69) is 17.2 Å². The number of amides is 2. The zero-order valence-electron chi connectivity index (χ0n) is 14.9. The molecule has 2 N–H and O–H groups in total. The van der Waals surface area contributed by atoms with E-state index in [1.165, 1.54) is 0 Å². The molecule has 24 heavy (non-hydrogen) atoms. The van der Waals surface area contributed by atoms with Crippen LogP contribution < -0.4 is 10.6 Å². The van der Waals surface area contributed by atoms with Crippen molar-refractivity contribution in [1.82, 2.24) is 10.6 Å². The third-order valence-electron chi connectivity index (χ3n) is 3.11. The lowest BCUT2D eigenvalue weighted by molar-refractivity contribution is -0.154. The lowest BCUT2D eigenvalue weighted by Gasteiger charge is -2.29. The van der Waals surface area contributed by atoms with Crippen LogP contribution in [-0.2, 0) is 9.53 Å². The van der Waals surface area contributed by atoms with Crippen LogP contribution in [0.4, 0.5) is 18.0 Å². The van der Waals surface area contributed by atoms with Crippen molar-refractivity contribution in [3.8, 4) is 0 Å². The summed E-state index contributed by atoms with van der Waals surface area (Å²) >= 11 is 0. The molecule has 0 aromatic heterocycles. The Balaban J connectivity index is 4.11. The number of nitrogens with one attached hydrogen (secondary N) is 2. The summed E-state index contributed by atoms with van der Waals surface area (Å²) < 4.78 is 46.3. The fourth-order valence-electron chi connectivity index (χ4n) is 1.67. The van der Waals surface area contributed by atoms with E-state index in [9.17, 15) is 22.8 Å². The van der Waals surface area contributed by atoms with E-state index in [4.69, 9.17) is 4.74 Å². The Hall–Kier alpha value is -1.73. The third kappa shape index (κ3) is 6.80. The van der Waals surface area contributed by atoms with E-state index in [0.717, 1.165) is 6.92 Å². The molecule has 0 heterocycles. The zero-order valence-corrected chi connectivity index (χ0v) is 14.9. The second-order valence-corrected chi connectivity index (χ2v) is 6.75. The number of ether oxygens (including phenoxy) is 1. The molecule has 0 aliphatic carbocycles. The summed E-state index contributed by atoms with van der Waals surface area (Å²) in [6.45, 7) is 10.0. The molecule has 0 saturated carbocycles. The van der Waals surface area contributed by atoms with Crippen LogP contribution in [0.3, 0.4) is 0 Å². The average Bonchev–Trinajstić information content (AvgIpc) is 2.39. The van der Waals surface area contributed by atoms with E-state index in [0.29, 0.717) is 26.3 Å². The van der Waals surface area contributed by atoms with Crippen molar-refractivity contribution in [3.05, 3.63) is 12.2 Å². The standard InChI is InChI=1S/C16H27F3N2O3/c1-11(2)16(18,19)15(6,17)12(22)20-9-7-8-10-21-13(23)24-14(3,4)5/h1,7-10H2,2-6H3,(H,20,22)(H,21,23). The topological polar surface area (TPSA) is 67.4 Å². The average molecular weight is 352 g/mol. The second kappa shape index (κ2) is 8.39. The molecule has 0 bridgehead atoms. The van der Waals surface area contributed by atoms with Crippen molar-refractivity contribution in [2.24, 2.45) is 0 Å². The van der Waals surface area contributed by atoms with Crippen molar-refractivity contribution >= 4 is 12.0 Å². The highest BCUT2D eigenvalue weighted by atomic mass is 19.3. The highest BCUT2D eigenvalue weighted by Crippen LogP contribution is 2.37. The molecule has 0 spiro atoms. The zero-order chi connectivity index (χ0) is 19.2. The summed E-state index contributed by atoms with van der Waals surface area (Å²) in [7, 11) is 0. The lowest BCUT2D eigenvalue weighted by atomic mass is 9.94. The molecule has 1 atom stereocenters. The fraction of sp³-hybridized carbons (Fsp3) is 0.750. The highest BCUT2D eigenvalue weighted by Gasteiger charge is 2.57. The Morgan fingerprint density at radius 3 is 1.88 bits per heavy atom. The number of hydrogen-bond acceptors (Lipinski definition) is 3. The van der Waals surface area contributed by atoms with Crippen LogP contribution in [0.5, 0.6) is 0 Å². The maximum Gasteiger partial charge on any atom is 0.407 e. The van der Waals surface area contributed by atoms with E-state index in [1.807, 2.05) is 0 Å². The van der Waals surface area contributed by atoms with Gasteiger partial charge >= 0.3 is 12.0 Å². The van der Waals surface area contributed by atoms with Gasteiger partial charge in [-0.05, 0) is 53.0 Å². The number of alkyl halides is 3. The van der Waals surface area contributed by atoms with Crippen LogP contribution in [-0.4, -0.2) is 42.3 Å². The summed E-state index contributed by atoms with van der Waals surface area (Å²) in [4.78, 5) is 23.0. The quantitative estimate of drug-likeness (QED) is 0.520. The molecule has 140 valence electrons. The first-order valence-corrected chi connectivity index (χ1v) is 7.69. The Labute approximate surface area is 141 Å². The maximum atomic E-state index is 14.1. The first kappa shape index (κ1) is 22.3. The molecule has 2 amide bonds. The molecule has 0 aromatic carbocycles. The molecule has 0 rings (SSSR count). The minimum Gasteiger partial charge on any atom is -0.444 e. The van der Waals surface area contributed by atoms with Crippen LogP contribution in [0.2, 0.25) is 0 Å². The molecule has 1 unspecified atom stereocenters. The molecule has 8 heteroatoms. The molecular weight excluding hydrogens is 325 g/mol. The maximum absolute atomic E-state index is 14.1. The van der Waals surface area contributed by atoms with Crippen molar-refractivity contribution < 1.29 is 27.5 Å². The second-order valence-electron chi connectivity index (χ2n) is 6.75. The summed E-state index contributed by atoms with van der Waals surface area (Å²) in [5.74, 6) is -5.34. The van der Waals surface area contributed by atoms with Gasteiger partial charge in [-0.3, -0.25) is 4.79 Å². The van der Waals surface area contributed by atoms with Crippen molar-refractivity contribution in [3.63, 3.8) is 0 Å². The first-order chi connectivity index (χ1) is 10.7. The monoisotopic (exact) mass is 352 g/mol. The van der Waals surface area contributed by atoms with Gasteiger partial charge in [0.1, 0.15) is 5.60 Å². The van der Waals surface area contributed by atoms with Gasteiger partial charge < -0.3 is 15.4 Å². The number of alkyl carbamates (subject to hydrolysis) is 1. The van der Waals surface area contributed by atoms with Gasteiger partial charge in [-0.2, -0.15) is 8.78 Å². The highest BCUT2D eigenvalue weighted by molar-refractivity contribution is 5.86. The minimum atomic E-state index is -3.95. The summed E-state index contributed by atoms with van der Waals surface area (Å²) in [6, 6.07) is 0. The fourth-order valence-corrected chi connectivity index (χ4v) is 1.67. The SMILES string of the molecule is C=C(C)C(F)(F)C(C)(F)C(=O)NCCCCNC(=O)OC(C)(C)C. The van der Waals surface area contributed by atoms with Gasteiger partial charge in [-0.15, -0.1) is 0 Å². The Kier molecular flexibility index (Phi) is 7.79. The molecule has 0 fully saturated rings. The predicted octanol–water partition coefficient (Wildman–Crippen LogP) is 3.35. The van der Waals surface area contributed by atoms with Crippen LogP contribution in [0, 0.1) is 0 Å². The summed E-state index contributed by atoms with van der Waals surface area (Å²) in [5.41, 5.74) is -4.68. The smallest absolute Gasteiger partial charge is 0.407 e. The van der Waals surface area contributed by atoms with Crippen molar-refractivity contribution in [2.45, 2.75) is 64.7 Å². The molecular formula is C16H27F3N2O3. The van der Waals surface area contributed by atoms with Crippen LogP contribution in [0.15, 0.2) is 12.2 Å². The lowest BCUT2D eigenvalue weighted by Crippen LogP contribution is -2.54. The van der Waals surface area contributed by atoms with Gasteiger partial charge in [0.25, 0.3) is 11.6 Å². The number of allylic oxidation sites excluding steroid dienone is 1.